The predicted octanol–water partition coefficient (Wildman–Crippen LogP) is 5.37. The van der Waals surface area contributed by atoms with Gasteiger partial charge in [0.2, 0.25) is 0 Å². The van der Waals surface area contributed by atoms with Crippen molar-refractivity contribution in [3.8, 4) is 27.6 Å². The number of nitrogens with zero attached hydrogens (tertiary/aromatic N) is 4. The minimum Gasteiger partial charge on any atom is -0.497 e. The third kappa shape index (κ3) is 3.74. The van der Waals surface area contributed by atoms with Crippen molar-refractivity contribution in [1.82, 2.24) is 24.7 Å². The Balaban J connectivity index is 1.44. The largest absolute Gasteiger partial charge is 0.497 e. The van der Waals surface area contributed by atoms with Gasteiger partial charge in [0.1, 0.15) is 16.4 Å². The number of ether oxygens (including phenoxy) is 1. The van der Waals surface area contributed by atoms with Crippen LogP contribution in [0.15, 0.2) is 57.1 Å². The Morgan fingerprint density at radius 1 is 1.19 bits per heavy atom. The number of hydrogen-bond acceptors (Lipinski definition) is 8. The fourth-order valence-corrected chi connectivity index (χ4v) is 6.06. The van der Waals surface area contributed by atoms with Crippen LogP contribution in [-0.4, -0.2) is 31.8 Å². The zero-order valence-electron chi connectivity index (χ0n) is 17.5. The second kappa shape index (κ2) is 8.53. The van der Waals surface area contributed by atoms with Gasteiger partial charge in [-0.25, -0.2) is 4.98 Å². The summed E-state index contributed by atoms with van der Waals surface area (Å²) in [5.41, 5.74) is 1.75. The molecule has 1 N–H and O–H groups in total. The summed E-state index contributed by atoms with van der Waals surface area (Å²) < 4.78 is 7.25. The van der Waals surface area contributed by atoms with Gasteiger partial charge in [-0.05, 0) is 30.5 Å². The number of methoxy groups -OCH3 is 1. The smallest absolute Gasteiger partial charge is 0.260 e. The van der Waals surface area contributed by atoms with Crippen LogP contribution in [0.5, 0.6) is 5.75 Å². The van der Waals surface area contributed by atoms with Crippen LogP contribution in [0.1, 0.15) is 18.0 Å². The molecule has 4 heterocycles. The van der Waals surface area contributed by atoms with Gasteiger partial charge in [0.25, 0.3) is 5.56 Å². The molecule has 0 radical (unpaired) electrons. The molecule has 0 aliphatic carbocycles. The molecular formula is C22H19N5O2S3. The average molecular weight is 482 g/mol. The molecule has 0 saturated carbocycles. The molecule has 0 bridgehead atoms. The number of hydrogen-bond donors (Lipinski definition) is 1. The molecule has 0 saturated heterocycles. The van der Waals surface area contributed by atoms with E-state index >= 15 is 0 Å². The van der Waals surface area contributed by atoms with E-state index < -0.39 is 0 Å². The van der Waals surface area contributed by atoms with Crippen LogP contribution in [0, 0.1) is 0 Å². The zero-order valence-corrected chi connectivity index (χ0v) is 20.0. The first-order chi connectivity index (χ1) is 15.5. The van der Waals surface area contributed by atoms with Gasteiger partial charge in [-0.1, -0.05) is 30.0 Å². The number of rotatable bonds is 6. The maximum atomic E-state index is 12.9. The highest BCUT2D eigenvalue weighted by Gasteiger charge is 2.20. The molecule has 32 heavy (non-hydrogen) atoms. The molecule has 0 spiro atoms. The van der Waals surface area contributed by atoms with E-state index in [1.54, 1.807) is 18.4 Å². The van der Waals surface area contributed by atoms with E-state index in [1.807, 2.05) is 65.7 Å². The highest BCUT2D eigenvalue weighted by atomic mass is 32.2. The summed E-state index contributed by atoms with van der Waals surface area (Å²) in [6, 6.07) is 11.7. The summed E-state index contributed by atoms with van der Waals surface area (Å²) >= 11 is 4.61. The molecule has 10 heteroatoms. The standard InChI is InChI=1S/C22H19N5O2S3/c1-12(32-22-26-25-19(27(22)2)13-6-4-7-14(10-13)29-3)18-23-20(28)17-15(11-31-21(17)24-18)16-8-5-9-30-16/h4-12H,1-3H3,(H,23,24,28). The number of fused-ring (bicyclic) bond motifs is 1. The molecule has 1 aromatic carbocycles. The topological polar surface area (TPSA) is 85.7 Å². The highest BCUT2D eigenvalue weighted by molar-refractivity contribution is 7.99. The van der Waals surface area contributed by atoms with E-state index in [1.165, 1.54) is 23.1 Å². The summed E-state index contributed by atoms with van der Waals surface area (Å²) in [5.74, 6) is 2.13. The Morgan fingerprint density at radius 2 is 2.06 bits per heavy atom. The highest BCUT2D eigenvalue weighted by Crippen LogP contribution is 2.37. The number of benzene rings is 1. The lowest BCUT2D eigenvalue weighted by Gasteiger charge is -2.10. The van der Waals surface area contributed by atoms with Crippen molar-refractivity contribution in [2.45, 2.75) is 17.3 Å². The molecular weight excluding hydrogens is 462 g/mol. The van der Waals surface area contributed by atoms with E-state index in [0.717, 1.165) is 37.6 Å². The van der Waals surface area contributed by atoms with Gasteiger partial charge in [0.15, 0.2) is 11.0 Å². The van der Waals surface area contributed by atoms with Gasteiger partial charge in [-0.3, -0.25) is 4.79 Å². The minimum atomic E-state index is -0.114. The SMILES string of the molecule is COc1cccc(-c2nnc(SC(C)c3nc4scc(-c5cccs5)c4c(=O)[nH]3)n2C)c1. The Hall–Kier alpha value is -2.95. The first-order valence-corrected chi connectivity index (χ1v) is 12.4. The van der Waals surface area contributed by atoms with Gasteiger partial charge in [-0.2, -0.15) is 0 Å². The fourth-order valence-electron chi connectivity index (χ4n) is 3.42. The summed E-state index contributed by atoms with van der Waals surface area (Å²) in [7, 11) is 3.57. The van der Waals surface area contributed by atoms with Crippen LogP contribution in [0.2, 0.25) is 0 Å². The van der Waals surface area contributed by atoms with E-state index in [4.69, 9.17) is 9.72 Å². The van der Waals surface area contributed by atoms with Gasteiger partial charge in [-0.15, -0.1) is 32.9 Å². The number of aromatic nitrogens is 5. The van der Waals surface area contributed by atoms with Crippen LogP contribution >= 0.6 is 34.4 Å². The lowest BCUT2D eigenvalue weighted by molar-refractivity contribution is 0.415. The number of thioether (sulfide) groups is 1. The molecule has 0 fully saturated rings. The summed E-state index contributed by atoms with van der Waals surface area (Å²) in [6.45, 7) is 2.00. The van der Waals surface area contributed by atoms with E-state index in [0.29, 0.717) is 11.2 Å². The van der Waals surface area contributed by atoms with Crippen LogP contribution in [0.4, 0.5) is 0 Å². The second-order valence-corrected chi connectivity index (χ2v) is 10.2. The van der Waals surface area contributed by atoms with Gasteiger partial charge in [0, 0.05) is 28.4 Å². The van der Waals surface area contributed by atoms with E-state index in [9.17, 15) is 4.79 Å². The van der Waals surface area contributed by atoms with Crippen LogP contribution in [0.25, 0.3) is 32.0 Å². The normalized spacial score (nSPS) is 12.3. The van der Waals surface area contributed by atoms with Gasteiger partial charge in [0.05, 0.1) is 17.7 Å². The fraction of sp³-hybridized carbons (Fsp3) is 0.182. The average Bonchev–Trinajstić information content (AvgIpc) is 3.54. The van der Waals surface area contributed by atoms with E-state index in [2.05, 4.69) is 15.2 Å². The van der Waals surface area contributed by atoms with Gasteiger partial charge >= 0.3 is 0 Å². The summed E-state index contributed by atoms with van der Waals surface area (Å²) in [6.07, 6.45) is 0. The molecule has 1 atom stereocenters. The van der Waals surface area contributed by atoms with Crippen molar-refractivity contribution < 1.29 is 4.74 Å². The maximum absolute atomic E-state index is 12.9. The van der Waals surface area contributed by atoms with Crippen molar-refractivity contribution in [3.05, 3.63) is 63.3 Å². The minimum absolute atomic E-state index is 0.111. The number of thiophene rings is 2. The lowest BCUT2D eigenvalue weighted by Crippen LogP contribution is -2.12. The third-order valence-electron chi connectivity index (χ3n) is 5.08. The third-order valence-corrected chi connectivity index (χ3v) is 8.00. The lowest BCUT2D eigenvalue weighted by atomic mass is 10.2. The number of aromatic amines is 1. The maximum Gasteiger partial charge on any atom is 0.260 e. The Bertz CT molecular complexity index is 1450. The zero-order chi connectivity index (χ0) is 22.2. The van der Waals surface area contributed by atoms with Crippen molar-refractivity contribution in [1.29, 1.82) is 0 Å². The molecule has 4 aromatic heterocycles. The first-order valence-electron chi connectivity index (χ1n) is 9.81. The molecule has 7 nitrogen and oxygen atoms in total. The first kappa shape index (κ1) is 20.9. The van der Waals surface area contributed by atoms with Crippen LogP contribution < -0.4 is 10.3 Å². The monoisotopic (exact) mass is 481 g/mol. The van der Waals surface area contributed by atoms with Gasteiger partial charge < -0.3 is 14.3 Å². The Labute approximate surface area is 196 Å². The predicted molar refractivity (Wildman–Crippen MR) is 131 cm³/mol. The summed E-state index contributed by atoms with van der Waals surface area (Å²) in [5, 5.41) is 14.0. The molecule has 0 aliphatic heterocycles. The van der Waals surface area contributed by atoms with Crippen LogP contribution in [0.3, 0.4) is 0 Å². The molecule has 5 aromatic rings. The van der Waals surface area contributed by atoms with E-state index in [-0.39, 0.29) is 10.8 Å². The molecule has 1 unspecified atom stereocenters. The summed E-state index contributed by atoms with van der Waals surface area (Å²) in [4.78, 5) is 22.5. The van der Waals surface area contributed by atoms with Crippen molar-refractivity contribution in [2.24, 2.45) is 7.05 Å². The van der Waals surface area contributed by atoms with Crippen molar-refractivity contribution in [2.75, 3.05) is 7.11 Å². The quantitative estimate of drug-likeness (QED) is 0.328. The molecule has 162 valence electrons. The number of nitrogens with one attached hydrogen (secondary N) is 1. The van der Waals surface area contributed by atoms with Crippen molar-refractivity contribution >= 4 is 44.7 Å². The Kier molecular flexibility index (Phi) is 5.58. The molecule has 0 amide bonds. The van der Waals surface area contributed by atoms with Crippen LogP contribution in [-0.2, 0) is 7.05 Å². The second-order valence-electron chi connectivity index (χ2n) is 7.12. The van der Waals surface area contributed by atoms with Crippen molar-refractivity contribution in [3.63, 3.8) is 0 Å². The Morgan fingerprint density at radius 3 is 2.84 bits per heavy atom. The molecule has 5 rings (SSSR count). The number of H-pyrrole nitrogens is 1. The molecule has 0 aliphatic rings.